The number of benzene rings is 2. The Bertz CT molecular complexity index is 1580. The molecule has 4 atom stereocenters. The number of hydrogen-bond donors (Lipinski definition) is 2. The molecule has 7 nitrogen and oxygen atoms in total. The normalized spacial score (nSPS) is 24.0. The lowest BCUT2D eigenvalue weighted by Crippen LogP contribution is -2.46. The number of phenolic OH excluding ortho intramolecular Hbond substituents is 1. The van der Waals surface area contributed by atoms with Gasteiger partial charge in [0.05, 0.1) is 29.3 Å². The van der Waals surface area contributed by atoms with Gasteiger partial charge in [0.1, 0.15) is 5.75 Å². The highest BCUT2D eigenvalue weighted by Crippen LogP contribution is 2.52. The van der Waals surface area contributed by atoms with Gasteiger partial charge in [-0.2, -0.15) is 0 Å². The average molecular weight is 577 g/mol. The van der Waals surface area contributed by atoms with Gasteiger partial charge in [-0.1, -0.05) is 36.8 Å². The van der Waals surface area contributed by atoms with Crippen molar-refractivity contribution in [2.24, 2.45) is 17.8 Å². The lowest BCUT2D eigenvalue weighted by atomic mass is 9.58. The number of anilines is 1. The number of aromatic nitrogens is 1. The topological polar surface area (TPSA) is 100.0 Å². The molecule has 2 saturated heterocycles. The van der Waals surface area contributed by atoms with Crippen molar-refractivity contribution in [1.29, 1.82) is 0 Å². The van der Waals surface area contributed by atoms with Crippen molar-refractivity contribution >= 4 is 36.3 Å². The summed E-state index contributed by atoms with van der Waals surface area (Å²) in [6.45, 7) is 5.87. The van der Waals surface area contributed by atoms with Crippen LogP contribution in [0.5, 0.6) is 5.75 Å². The molecule has 3 heterocycles. The highest BCUT2D eigenvalue weighted by Gasteiger charge is 2.57. The summed E-state index contributed by atoms with van der Waals surface area (Å²) in [5.74, 6) is -1.22. The Labute approximate surface area is 253 Å². The molecular weight excluding hydrogens is 539 g/mol. The van der Waals surface area contributed by atoms with Crippen molar-refractivity contribution in [3.63, 3.8) is 0 Å². The van der Waals surface area contributed by atoms with Crippen LogP contribution in [0.25, 0.3) is 11.6 Å². The lowest BCUT2D eigenvalue weighted by Gasteiger charge is -2.43. The van der Waals surface area contributed by atoms with Gasteiger partial charge in [-0.25, -0.2) is 0 Å². The van der Waals surface area contributed by atoms with Gasteiger partial charge in [0.25, 0.3) is 0 Å². The van der Waals surface area contributed by atoms with E-state index in [1.807, 2.05) is 62.4 Å². The van der Waals surface area contributed by atoms with Crippen LogP contribution < -0.4 is 4.90 Å². The summed E-state index contributed by atoms with van der Waals surface area (Å²) < 4.78 is 6.21. The monoisotopic (exact) mass is 576 g/mol. The number of para-hydroxylation sites is 1. The van der Waals surface area contributed by atoms with Crippen LogP contribution in [0, 0.1) is 31.6 Å². The van der Waals surface area contributed by atoms with Gasteiger partial charge in [0.15, 0.2) is 0 Å². The van der Waals surface area contributed by atoms with E-state index in [0.29, 0.717) is 37.0 Å². The molecule has 2 fully saturated rings. The van der Waals surface area contributed by atoms with Gasteiger partial charge in [-0.05, 0) is 122 Å². The summed E-state index contributed by atoms with van der Waals surface area (Å²) in [5, 5.41) is 21.2. The molecule has 3 aliphatic rings. The average Bonchev–Trinajstić information content (AvgIpc) is 3.27. The van der Waals surface area contributed by atoms with Gasteiger partial charge >= 0.3 is 7.12 Å². The van der Waals surface area contributed by atoms with Crippen molar-refractivity contribution in [3.05, 3.63) is 100 Å². The molecule has 2 aromatic carbocycles. The molecule has 1 aromatic heterocycles. The van der Waals surface area contributed by atoms with E-state index in [1.165, 1.54) is 4.90 Å². The van der Waals surface area contributed by atoms with E-state index in [2.05, 4.69) is 18.0 Å². The predicted octanol–water partition coefficient (Wildman–Crippen LogP) is 6.14. The smallest absolute Gasteiger partial charge is 0.455 e. The SMILES string of the molecule is CCC1=C2[C@@H](CC/C(=C/c3cc(C)c(O)c(C)c3)c3ccccn3)OB(O)C[C@@H]2[C@@H]2C(=O)N(c3ccccc3)C(=O)[C@@H]2C1. The molecule has 43 heavy (non-hydrogen) atoms. The molecule has 0 radical (unpaired) electrons. The number of carbonyl (C=O) groups is 2. The number of nitrogens with zero attached hydrogens (tertiary/aromatic N) is 2. The first kappa shape index (κ1) is 29.1. The molecule has 3 aromatic rings. The molecule has 0 saturated carbocycles. The number of hydrogen-bond acceptors (Lipinski definition) is 6. The van der Waals surface area contributed by atoms with Crippen LogP contribution in [0.15, 0.2) is 78.0 Å². The van der Waals surface area contributed by atoms with Crippen LogP contribution in [0.3, 0.4) is 0 Å². The second-order valence-electron chi connectivity index (χ2n) is 11.9. The first-order valence-corrected chi connectivity index (χ1v) is 15.2. The molecule has 2 aliphatic heterocycles. The summed E-state index contributed by atoms with van der Waals surface area (Å²) in [5.41, 5.74) is 7.30. The number of phenols is 1. The second kappa shape index (κ2) is 11.9. The Morgan fingerprint density at radius 3 is 2.44 bits per heavy atom. The largest absolute Gasteiger partial charge is 0.507 e. The molecule has 2 N–H and O–H groups in total. The summed E-state index contributed by atoms with van der Waals surface area (Å²) >= 11 is 0. The summed E-state index contributed by atoms with van der Waals surface area (Å²) in [6, 6.07) is 18.9. The lowest BCUT2D eigenvalue weighted by molar-refractivity contribution is -0.122. The maximum atomic E-state index is 13.9. The Morgan fingerprint density at radius 2 is 1.77 bits per heavy atom. The standard InChI is InChI=1S/C35H37BN2O5/c1-4-24-19-27-32(35(41)38(34(27)40)26-10-6-5-7-11-26)28-20-36(42)43-30(31(24)28)14-13-25(29-12-8-9-15-37-29)18-23-16-21(2)33(39)22(3)17-23/h5-12,15-18,27-28,30,32,39,42H,4,13-14,19-20H2,1-3H3/b25-18-/t27-,28+,30-,32-/m1/s1. The van der Waals surface area contributed by atoms with Gasteiger partial charge in [0.2, 0.25) is 11.8 Å². The second-order valence-corrected chi connectivity index (χ2v) is 11.9. The Morgan fingerprint density at radius 1 is 1.05 bits per heavy atom. The third kappa shape index (κ3) is 5.46. The van der Waals surface area contributed by atoms with Crippen molar-refractivity contribution in [2.75, 3.05) is 4.90 Å². The quantitative estimate of drug-likeness (QED) is 0.199. The summed E-state index contributed by atoms with van der Waals surface area (Å²) in [7, 11) is -1.02. The van der Waals surface area contributed by atoms with Crippen LogP contribution >= 0.6 is 0 Å². The van der Waals surface area contributed by atoms with E-state index in [1.54, 1.807) is 18.3 Å². The highest BCUT2D eigenvalue weighted by molar-refractivity contribution is 6.43. The minimum atomic E-state index is -1.02. The third-order valence-electron chi connectivity index (χ3n) is 9.27. The number of aryl methyl sites for hydroxylation is 2. The van der Waals surface area contributed by atoms with Crippen LogP contribution in [0.2, 0.25) is 6.32 Å². The third-order valence-corrected chi connectivity index (χ3v) is 9.27. The Hall–Kier alpha value is -4.01. The summed E-state index contributed by atoms with van der Waals surface area (Å²) in [6.07, 6.45) is 6.29. The molecule has 2 amide bonds. The number of amides is 2. The van der Waals surface area contributed by atoms with Gasteiger partial charge < -0.3 is 14.8 Å². The fraction of sp³-hybridized carbons (Fsp3) is 0.343. The molecule has 1 aliphatic carbocycles. The van der Waals surface area contributed by atoms with E-state index >= 15 is 0 Å². The zero-order valence-corrected chi connectivity index (χ0v) is 24.9. The summed E-state index contributed by atoms with van der Waals surface area (Å²) in [4.78, 5) is 33.5. The molecule has 6 rings (SSSR count). The fourth-order valence-electron chi connectivity index (χ4n) is 7.32. The molecule has 0 bridgehead atoms. The van der Waals surface area contributed by atoms with E-state index < -0.39 is 19.0 Å². The Balaban J connectivity index is 1.32. The van der Waals surface area contributed by atoms with Crippen molar-refractivity contribution < 1.29 is 24.4 Å². The van der Waals surface area contributed by atoms with E-state index in [0.717, 1.165) is 45.5 Å². The number of allylic oxidation sites excluding steroid dienone is 2. The van der Waals surface area contributed by atoms with E-state index in [-0.39, 0.29) is 23.8 Å². The van der Waals surface area contributed by atoms with Crippen LogP contribution in [-0.2, 0) is 14.2 Å². The van der Waals surface area contributed by atoms with Gasteiger partial charge in [-0.3, -0.25) is 19.5 Å². The van der Waals surface area contributed by atoms with E-state index in [4.69, 9.17) is 4.65 Å². The van der Waals surface area contributed by atoms with Crippen LogP contribution in [0.1, 0.15) is 55.0 Å². The maximum Gasteiger partial charge on any atom is 0.455 e. The molecule has 220 valence electrons. The van der Waals surface area contributed by atoms with Crippen molar-refractivity contribution in [3.8, 4) is 5.75 Å². The fourth-order valence-corrected chi connectivity index (χ4v) is 7.32. The van der Waals surface area contributed by atoms with Crippen LogP contribution in [-0.4, -0.2) is 40.2 Å². The number of pyridine rings is 1. The molecule has 0 unspecified atom stereocenters. The highest BCUT2D eigenvalue weighted by atomic mass is 16.5. The van der Waals surface area contributed by atoms with Crippen LogP contribution in [0.4, 0.5) is 5.69 Å². The zero-order chi connectivity index (χ0) is 30.2. The first-order chi connectivity index (χ1) is 20.8. The number of imide groups is 1. The van der Waals surface area contributed by atoms with Gasteiger partial charge in [-0.15, -0.1) is 0 Å². The first-order valence-electron chi connectivity index (χ1n) is 15.2. The minimum Gasteiger partial charge on any atom is -0.507 e. The Kier molecular flexibility index (Phi) is 8.08. The maximum absolute atomic E-state index is 13.9. The number of fused-ring (bicyclic) bond motifs is 3. The predicted molar refractivity (Wildman–Crippen MR) is 168 cm³/mol. The van der Waals surface area contributed by atoms with Gasteiger partial charge in [0, 0.05) is 6.20 Å². The minimum absolute atomic E-state index is 0.149. The zero-order valence-electron chi connectivity index (χ0n) is 24.9. The number of aromatic hydroxyl groups is 1. The molecular formula is C35H37BN2O5. The number of rotatable bonds is 7. The number of carbonyl (C=O) groups excluding carboxylic acids is 2. The van der Waals surface area contributed by atoms with Crippen molar-refractivity contribution in [2.45, 2.75) is 58.9 Å². The van der Waals surface area contributed by atoms with E-state index in [9.17, 15) is 19.7 Å². The molecule has 0 spiro atoms. The molecule has 8 heteroatoms. The van der Waals surface area contributed by atoms with Crippen molar-refractivity contribution in [1.82, 2.24) is 4.98 Å².